The highest BCUT2D eigenvalue weighted by molar-refractivity contribution is 5.15. The fourth-order valence-corrected chi connectivity index (χ4v) is 2.13. The molecule has 1 saturated heterocycles. The Labute approximate surface area is 96.9 Å². The smallest absolute Gasteiger partial charge is 0.151 e. The molecule has 2 atom stereocenters. The van der Waals surface area contributed by atoms with Crippen molar-refractivity contribution in [2.45, 2.75) is 31.8 Å². The Balaban J connectivity index is 1.89. The second-order valence-corrected chi connectivity index (χ2v) is 4.75. The average molecular weight is 215 g/mol. The van der Waals surface area contributed by atoms with Crippen molar-refractivity contribution in [3.63, 3.8) is 0 Å². The van der Waals surface area contributed by atoms with Gasteiger partial charge in [-0.3, -0.25) is 0 Å². The Kier molecular flexibility index (Phi) is 3.26. The van der Waals surface area contributed by atoms with Gasteiger partial charge in [-0.2, -0.15) is 5.26 Å². The van der Waals surface area contributed by atoms with Crippen molar-refractivity contribution < 1.29 is 4.74 Å². The molecule has 1 fully saturated rings. The third kappa shape index (κ3) is 2.62. The molecule has 1 aromatic rings. The molecule has 2 heteroatoms. The van der Waals surface area contributed by atoms with Crippen LogP contribution in [0.15, 0.2) is 30.3 Å². The summed E-state index contributed by atoms with van der Waals surface area (Å²) in [6, 6.07) is 12.7. The zero-order valence-corrected chi connectivity index (χ0v) is 9.65. The number of hydrogen-bond acceptors (Lipinski definition) is 2. The van der Waals surface area contributed by atoms with Gasteiger partial charge in [-0.25, -0.2) is 0 Å². The topological polar surface area (TPSA) is 33.0 Å². The van der Waals surface area contributed by atoms with Crippen LogP contribution in [0, 0.1) is 17.2 Å². The molecular formula is C14H17NO. The molecule has 1 aliphatic heterocycles. The van der Waals surface area contributed by atoms with Gasteiger partial charge in [0.15, 0.2) is 5.60 Å². The summed E-state index contributed by atoms with van der Waals surface area (Å²) in [7, 11) is 0. The molecular weight excluding hydrogens is 198 g/mol. The van der Waals surface area contributed by atoms with Crippen LogP contribution in [0.4, 0.5) is 0 Å². The minimum Gasteiger partial charge on any atom is -0.360 e. The molecule has 1 aliphatic rings. The van der Waals surface area contributed by atoms with Crippen LogP contribution in [0.3, 0.4) is 0 Å². The van der Waals surface area contributed by atoms with Crippen LogP contribution in [0.1, 0.15) is 25.3 Å². The molecule has 2 nitrogen and oxygen atoms in total. The van der Waals surface area contributed by atoms with Crippen LogP contribution in [0.5, 0.6) is 0 Å². The number of hydrogen-bond donors (Lipinski definition) is 0. The van der Waals surface area contributed by atoms with Crippen molar-refractivity contribution in [1.29, 1.82) is 5.26 Å². The Morgan fingerprint density at radius 1 is 1.44 bits per heavy atom. The Bertz CT molecular complexity index is 371. The molecule has 0 aliphatic carbocycles. The molecule has 1 heterocycles. The zero-order chi connectivity index (χ0) is 11.4. The monoisotopic (exact) mass is 215 g/mol. The van der Waals surface area contributed by atoms with E-state index in [0.717, 1.165) is 19.3 Å². The van der Waals surface area contributed by atoms with Crippen molar-refractivity contribution in [3.05, 3.63) is 35.9 Å². The standard InChI is InChI=1S/C14H17NO/c1-14(11-15)8-7-13(10-16-14)9-12-5-3-2-4-6-12/h2-6,13H,7-10H2,1H3/t13-,14+/m0/s1. The third-order valence-corrected chi connectivity index (χ3v) is 3.27. The van der Waals surface area contributed by atoms with E-state index in [9.17, 15) is 0 Å². The van der Waals surface area contributed by atoms with Gasteiger partial charge in [0.2, 0.25) is 0 Å². The van der Waals surface area contributed by atoms with Gasteiger partial charge in [-0.05, 0) is 37.7 Å². The summed E-state index contributed by atoms with van der Waals surface area (Å²) in [5.41, 5.74) is 0.810. The first-order valence-electron chi connectivity index (χ1n) is 5.81. The van der Waals surface area contributed by atoms with E-state index in [0.29, 0.717) is 12.5 Å². The van der Waals surface area contributed by atoms with E-state index in [4.69, 9.17) is 10.00 Å². The fraction of sp³-hybridized carbons (Fsp3) is 0.500. The van der Waals surface area contributed by atoms with Gasteiger partial charge in [-0.1, -0.05) is 30.3 Å². The summed E-state index contributed by atoms with van der Waals surface area (Å²) in [4.78, 5) is 0. The first-order valence-corrected chi connectivity index (χ1v) is 5.81. The highest BCUT2D eigenvalue weighted by Crippen LogP contribution is 2.29. The van der Waals surface area contributed by atoms with E-state index in [2.05, 4.69) is 30.3 Å². The predicted octanol–water partition coefficient (Wildman–Crippen LogP) is 2.94. The van der Waals surface area contributed by atoms with Gasteiger partial charge in [-0.15, -0.1) is 0 Å². The molecule has 0 spiro atoms. The van der Waals surface area contributed by atoms with E-state index in [-0.39, 0.29) is 0 Å². The Hall–Kier alpha value is -1.33. The third-order valence-electron chi connectivity index (χ3n) is 3.27. The van der Waals surface area contributed by atoms with E-state index in [1.807, 2.05) is 13.0 Å². The SMILES string of the molecule is C[C@]1(C#N)CC[C@@H](Cc2ccccc2)CO1. The van der Waals surface area contributed by atoms with E-state index in [1.165, 1.54) is 5.56 Å². The van der Waals surface area contributed by atoms with E-state index in [1.54, 1.807) is 0 Å². The van der Waals surface area contributed by atoms with Crippen LogP contribution in [-0.4, -0.2) is 12.2 Å². The lowest BCUT2D eigenvalue weighted by Crippen LogP contribution is -2.35. The number of nitrogens with zero attached hydrogens (tertiary/aromatic N) is 1. The quantitative estimate of drug-likeness (QED) is 0.760. The second-order valence-electron chi connectivity index (χ2n) is 4.75. The maximum atomic E-state index is 8.95. The van der Waals surface area contributed by atoms with Crippen LogP contribution < -0.4 is 0 Å². The van der Waals surface area contributed by atoms with Crippen molar-refractivity contribution in [2.75, 3.05) is 6.61 Å². The lowest BCUT2D eigenvalue weighted by Gasteiger charge is -2.32. The Morgan fingerprint density at radius 2 is 2.19 bits per heavy atom. The van der Waals surface area contributed by atoms with Crippen molar-refractivity contribution in [1.82, 2.24) is 0 Å². The molecule has 0 bridgehead atoms. The van der Waals surface area contributed by atoms with Crippen LogP contribution >= 0.6 is 0 Å². The second kappa shape index (κ2) is 4.67. The van der Waals surface area contributed by atoms with Crippen LogP contribution in [0.25, 0.3) is 0 Å². The number of nitriles is 1. The summed E-state index contributed by atoms with van der Waals surface area (Å²) in [5.74, 6) is 0.559. The van der Waals surface area contributed by atoms with Gasteiger partial charge >= 0.3 is 0 Å². The fourth-order valence-electron chi connectivity index (χ4n) is 2.13. The maximum Gasteiger partial charge on any atom is 0.151 e. The summed E-state index contributed by atoms with van der Waals surface area (Å²) < 4.78 is 5.64. The molecule has 2 rings (SSSR count). The maximum absolute atomic E-state index is 8.95. The van der Waals surface area contributed by atoms with Crippen LogP contribution in [0.2, 0.25) is 0 Å². The van der Waals surface area contributed by atoms with E-state index < -0.39 is 5.60 Å². The zero-order valence-electron chi connectivity index (χ0n) is 9.65. The molecule has 0 radical (unpaired) electrons. The largest absolute Gasteiger partial charge is 0.360 e. The first kappa shape index (κ1) is 11.2. The summed E-state index contributed by atoms with van der Waals surface area (Å²) in [6.45, 7) is 2.59. The van der Waals surface area contributed by atoms with E-state index >= 15 is 0 Å². The Morgan fingerprint density at radius 3 is 2.75 bits per heavy atom. The molecule has 84 valence electrons. The highest BCUT2D eigenvalue weighted by atomic mass is 16.5. The minimum absolute atomic E-state index is 0.548. The lowest BCUT2D eigenvalue weighted by molar-refractivity contribution is -0.0517. The molecule has 1 aromatic carbocycles. The molecule has 0 N–H and O–H groups in total. The summed E-state index contributed by atoms with van der Waals surface area (Å²) >= 11 is 0. The van der Waals surface area contributed by atoms with Crippen molar-refractivity contribution >= 4 is 0 Å². The highest BCUT2D eigenvalue weighted by Gasteiger charge is 2.31. The average Bonchev–Trinajstić information content (AvgIpc) is 2.34. The lowest BCUT2D eigenvalue weighted by atomic mass is 9.87. The molecule has 0 amide bonds. The van der Waals surface area contributed by atoms with Gasteiger partial charge in [0.1, 0.15) is 0 Å². The minimum atomic E-state index is -0.548. The number of ether oxygens (including phenoxy) is 1. The van der Waals surface area contributed by atoms with Crippen molar-refractivity contribution in [3.8, 4) is 6.07 Å². The number of rotatable bonds is 2. The molecule has 0 unspecified atom stereocenters. The predicted molar refractivity (Wildman–Crippen MR) is 62.8 cm³/mol. The first-order chi connectivity index (χ1) is 7.72. The van der Waals surface area contributed by atoms with Gasteiger partial charge < -0.3 is 4.74 Å². The van der Waals surface area contributed by atoms with Gasteiger partial charge in [0.05, 0.1) is 12.7 Å². The molecule has 16 heavy (non-hydrogen) atoms. The van der Waals surface area contributed by atoms with Gasteiger partial charge in [0, 0.05) is 0 Å². The van der Waals surface area contributed by atoms with Crippen molar-refractivity contribution in [2.24, 2.45) is 5.92 Å². The summed E-state index contributed by atoms with van der Waals surface area (Å²) in [5, 5.41) is 8.95. The normalized spacial score (nSPS) is 29.6. The van der Waals surface area contributed by atoms with Crippen LogP contribution in [-0.2, 0) is 11.2 Å². The molecule has 0 aromatic heterocycles. The summed E-state index contributed by atoms with van der Waals surface area (Å²) in [6.07, 6.45) is 2.99. The van der Waals surface area contributed by atoms with Gasteiger partial charge in [0.25, 0.3) is 0 Å². The number of benzene rings is 1. The molecule has 0 saturated carbocycles.